The van der Waals surface area contributed by atoms with Crippen molar-refractivity contribution in [1.82, 2.24) is 4.98 Å². The first-order chi connectivity index (χ1) is 13.8. The van der Waals surface area contributed by atoms with E-state index < -0.39 is 23.4 Å². The molecule has 3 atom stereocenters. The van der Waals surface area contributed by atoms with Crippen molar-refractivity contribution in [2.75, 3.05) is 16.8 Å². The SMILES string of the molecule is O=C(O)N(CCc1sc(NC2CC3C=CC2C3)nc1O)c1c(F)cc(Br)cc1F. The van der Waals surface area contributed by atoms with Crippen LogP contribution < -0.4 is 10.2 Å². The molecule has 0 saturated heterocycles. The number of anilines is 2. The number of hydrogen-bond acceptors (Lipinski definition) is 5. The summed E-state index contributed by atoms with van der Waals surface area (Å²) in [4.78, 5) is 16.8. The van der Waals surface area contributed by atoms with Gasteiger partial charge in [-0.2, -0.15) is 4.98 Å². The lowest BCUT2D eigenvalue weighted by Crippen LogP contribution is -2.33. The number of hydrogen-bond donors (Lipinski definition) is 3. The number of amides is 1. The van der Waals surface area contributed by atoms with Gasteiger partial charge >= 0.3 is 6.09 Å². The van der Waals surface area contributed by atoms with Crippen molar-refractivity contribution in [2.24, 2.45) is 11.8 Å². The maximum Gasteiger partial charge on any atom is 0.412 e. The van der Waals surface area contributed by atoms with Gasteiger partial charge in [-0.25, -0.2) is 13.6 Å². The quantitative estimate of drug-likeness (QED) is 0.501. The van der Waals surface area contributed by atoms with Crippen LogP contribution in [-0.4, -0.2) is 33.9 Å². The molecule has 29 heavy (non-hydrogen) atoms. The molecule has 4 rings (SSSR count). The van der Waals surface area contributed by atoms with Crippen LogP contribution in [0, 0.1) is 23.5 Å². The Kier molecular flexibility index (Phi) is 5.48. The monoisotopic (exact) mass is 485 g/mol. The number of rotatable bonds is 6. The van der Waals surface area contributed by atoms with Gasteiger partial charge in [0.05, 0.1) is 4.88 Å². The molecule has 2 aliphatic rings. The summed E-state index contributed by atoms with van der Waals surface area (Å²) in [6.45, 7) is -0.225. The molecule has 2 bridgehead atoms. The van der Waals surface area contributed by atoms with Gasteiger partial charge < -0.3 is 15.5 Å². The van der Waals surface area contributed by atoms with Gasteiger partial charge in [-0.05, 0) is 36.8 Å². The molecule has 0 radical (unpaired) electrons. The van der Waals surface area contributed by atoms with Crippen LogP contribution >= 0.6 is 27.3 Å². The summed E-state index contributed by atoms with van der Waals surface area (Å²) in [6, 6.07) is 2.28. The summed E-state index contributed by atoms with van der Waals surface area (Å²) < 4.78 is 28.5. The highest BCUT2D eigenvalue weighted by atomic mass is 79.9. The first kappa shape index (κ1) is 20.1. The summed E-state index contributed by atoms with van der Waals surface area (Å²) in [5.74, 6) is -1.12. The summed E-state index contributed by atoms with van der Waals surface area (Å²) in [5, 5.41) is 23.5. The van der Waals surface area contributed by atoms with E-state index in [1.54, 1.807) is 0 Å². The first-order valence-electron chi connectivity index (χ1n) is 9.10. The number of fused-ring (bicyclic) bond motifs is 2. The number of benzene rings is 1. The molecular weight excluding hydrogens is 468 g/mol. The number of thiazole rings is 1. The van der Waals surface area contributed by atoms with Crippen molar-refractivity contribution in [3.05, 3.63) is 45.3 Å². The van der Waals surface area contributed by atoms with Gasteiger partial charge in [0.1, 0.15) is 5.69 Å². The molecule has 3 unspecified atom stereocenters. The number of aromatic hydroxyl groups is 1. The number of carboxylic acid groups (broad SMARTS) is 1. The fourth-order valence-corrected chi connectivity index (χ4v) is 5.29. The van der Waals surface area contributed by atoms with E-state index in [1.165, 1.54) is 11.3 Å². The van der Waals surface area contributed by atoms with Crippen LogP contribution in [0.25, 0.3) is 0 Å². The Labute approximate surface area is 178 Å². The second-order valence-electron chi connectivity index (χ2n) is 7.20. The molecule has 6 nitrogen and oxygen atoms in total. The number of aromatic nitrogens is 1. The predicted molar refractivity (Wildman–Crippen MR) is 110 cm³/mol. The molecule has 10 heteroatoms. The number of allylic oxidation sites excluding steroid dienone is 1. The number of halogens is 3. The van der Waals surface area contributed by atoms with Crippen molar-refractivity contribution in [3.63, 3.8) is 0 Å². The van der Waals surface area contributed by atoms with E-state index in [-0.39, 0.29) is 29.4 Å². The van der Waals surface area contributed by atoms with E-state index in [9.17, 15) is 23.8 Å². The molecule has 1 aromatic carbocycles. The highest BCUT2D eigenvalue weighted by molar-refractivity contribution is 9.10. The van der Waals surface area contributed by atoms with E-state index in [1.807, 2.05) is 0 Å². The van der Waals surface area contributed by atoms with Gasteiger partial charge in [0.2, 0.25) is 5.88 Å². The molecule has 1 aromatic heterocycles. The Morgan fingerprint density at radius 2 is 2.03 bits per heavy atom. The van der Waals surface area contributed by atoms with Gasteiger partial charge in [-0.15, -0.1) is 0 Å². The van der Waals surface area contributed by atoms with E-state index in [0.29, 0.717) is 26.7 Å². The van der Waals surface area contributed by atoms with Crippen LogP contribution in [-0.2, 0) is 6.42 Å². The van der Waals surface area contributed by atoms with Crippen LogP contribution in [0.15, 0.2) is 28.8 Å². The second-order valence-corrected chi connectivity index (χ2v) is 9.20. The smallest absolute Gasteiger partial charge is 0.412 e. The lowest BCUT2D eigenvalue weighted by Gasteiger charge is -2.20. The zero-order valence-electron chi connectivity index (χ0n) is 15.1. The van der Waals surface area contributed by atoms with Gasteiger partial charge in [0.25, 0.3) is 0 Å². The van der Waals surface area contributed by atoms with Gasteiger partial charge in [0.15, 0.2) is 16.8 Å². The number of nitrogens with zero attached hydrogens (tertiary/aromatic N) is 2. The van der Waals surface area contributed by atoms with Gasteiger partial charge in [-0.1, -0.05) is 39.4 Å². The lowest BCUT2D eigenvalue weighted by molar-refractivity contribution is 0.201. The third-order valence-corrected chi connectivity index (χ3v) is 6.80. The lowest BCUT2D eigenvalue weighted by atomic mass is 10.0. The van der Waals surface area contributed by atoms with Crippen LogP contribution in [0.1, 0.15) is 17.7 Å². The highest BCUT2D eigenvalue weighted by Gasteiger charge is 2.36. The summed E-state index contributed by atoms with van der Waals surface area (Å²) >= 11 is 4.19. The fourth-order valence-electron chi connectivity index (χ4n) is 3.98. The molecule has 1 saturated carbocycles. The number of nitrogens with one attached hydrogen (secondary N) is 1. The van der Waals surface area contributed by atoms with Crippen LogP contribution in [0.2, 0.25) is 0 Å². The van der Waals surface area contributed by atoms with Crippen LogP contribution in [0.4, 0.5) is 24.4 Å². The van der Waals surface area contributed by atoms with Crippen molar-refractivity contribution in [2.45, 2.75) is 25.3 Å². The predicted octanol–water partition coefficient (Wildman–Crippen LogP) is 4.99. The van der Waals surface area contributed by atoms with E-state index in [0.717, 1.165) is 25.0 Å². The van der Waals surface area contributed by atoms with Crippen molar-refractivity contribution >= 4 is 44.2 Å². The third kappa shape index (κ3) is 4.09. The van der Waals surface area contributed by atoms with Gasteiger partial charge in [0, 0.05) is 23.5 Å². The molecule has 3 N–H and O–H groups in total. The Morgan fingerprint density at radius 3 is 2.62 bits per heavy atom. The molecule has 0 aliphatic heterocycles. The summed E-state index contributed by atoms with van der Waals surface area (Å²) in [5.41, 5.74) is -0.642. The van der Waals surface area contributed by atoms with Gasteiger partial charge in [-0.3, -0.25) is 4.90 Å². The zero-order chi connectivity index (χ0) is 20.7. The summed E-state index contributed by atoms with van der Waals surface area (Å²) in [6.07, 6.45) is 5.16. The van der Waals surface area contributed by atoms with Crippen LogP contribution in [0.5, 0.6) is 5.88 Å². The summed E-state index contributed by atoms with van der Waals surface area (Å²) in [7, 11) is 0. The van der Waals surface area contributed by atoms with Crippen LogP contribution in [0.3, 0.4) is 0 Å². The standard InChI is InChI=1S/C19H18BrF2N3O3S/c20-11-7-12(21)16(13(22)8-11)25(19(27)28)4-3-15-17(26)24-18(29-15)23-14-6-9-1-2-10(14)5-9/h1-2,7-10,14,26H,3-6H2,(H,23,24)(H,27,28). The molecule has 154 valence electrons. The minimum absolute atomic E-state index is 0.0725. The molecule has 1 amide bonds. The molecule has 1 heterocycles. The fraction of sp³-hybridized carbons (Fsp3) is 0.368. The molecule has 1 fully saturated rings. The van der Waals surface area contributed by atoms with Crippen molar-refractivity contribution < 1.29 is 23.8 Å². The van der Waals surface area contributed by atoms with Crippen molar-refractivity contribution in [1.29, 1.82) is 0 Å². The topological polar surface area (TPSA) is 85.7 Å². The minimum atomic E-state index is -1.48. The normalized spacial score (nSPS) is 22.2. The molecule has 0 spiro atoms. The Morgan fingerprint density at radius 1 is 1.31 bits per heavy atom. The first-order valence-corrected chi connectivity index (χ1v) is 10.7. The second kappa shape index (κ2) is 7.91. The average Bonchev–Trinajstić information content (AvgIpc) is 3.33. The van der Waals surface area contributed by atoms with Crippen molar-refractivity contribution in [3.8, 4) is 5.88 Å². The maximum absolute atomic E-state index is 14.2. The average molecular weight is 486 g/mol. The number of carbonyl (C=O) groups is 1. The Balaban J connectivity index is 1.47. The Hall–Kier alpha value is -2.20. The van der Waals surface area contributed by atoms with E-state index in [2.05, 4.69) is 38.4 Å². The largest absolute Gasteiger partial charge is 0.492 e. The highest BCUT2D eigenvalue weighted by Crippen LogP contribution is 2.41. The zero-order valence-corrected chi connectivity index (χ0v) is 17.5. The van der Waals surface area contributed by atoms with E-state index >= 15 is 0 Å². The minimum Gasteiger partial charge on any atom is -0.492 e. The van der Waals surface area contributed by atoms with E-state index in [4.69, 9.17) is 0 Å². The molecule has 2 aliphatic carbocycles. The third-order valence-electron chi connectivity index (χ3n) is 5.31. The molecule has 2 aromatic rings. The molecular formula is C19H18BrF2N3O3S. The maximum atomic E-state index is 14.2. The Bertz CT molecular complexity index is 961.